The van der Waals surface area contributed by atoms with Crippen molar-refractivity contribution in [2.24, 2.45) is 0 Å². The minimum Gasteiger partial charge on any atom is -0.508 e. The highest BCUT2D eigenvalue weighted by atomic mass is 19.4. The predicted molar refractivity (Wildman–Crippen MR) is 59.9 cm³/mol. The van der Waals surface area contributed by atoms with Crippen molar-refractivity contribution in [3.63, 3.8) is 0 Å². The summed E-state index contributed by atoms with van der Waals surface area (Å²) in [5, 5.41) is 9.07. The van der Waals surface area contributed by atoms with Gasteiger partial charge < -0.3 is 10.0 Å². The zero-order valence-corrected chi connectivity index (χ0v) is 9.87. The zero-order chi connectivity index (χ0) is 13.8. The van der Waals surface area contributed by atoms with E-state index in [0.717, 1.165) is 5.56 Å². The summed E-state index contributed by atoms with van der Waals surface area (Å²) in [6, 6.07) is 6.15. The number of nitrogens with zero attached hydrogens (tertiary/aromatic N) is 1. The third-order valence-corrected chi connectivity index (χ3v) is 2.40. The van der Waals surface area contributed by atoms with Crippen molar-refractivity contribution >= 4 is 5.91 Å². The second-order valence-electron chi connectivity index (χ2n) is 4.03. The van der Waals surface area contributed by atoms with Crippen LogP contribution in [0.4, 0.5) is 13.2 Å². The van der Waals surface area contributed by atoms with E-state index in [9.17, 15) is 18.0 Å². The maximum absolute atomic E-state index is 12.0. The van der Waals surface area contributed by atoms with Crippen LogP contribution < -0.4 is 0 Å². The molecule has 0 aromatic heterocycles. The first-order chi connectivity index (χ1) is 8.28. The number of aromatic hydroxyl groups is 1. The van der Waals surface area contributed by atoms with E-state index in [1.165, 1.54) is 24.1 Å². The molecule has 1 rings (SSSR count). The molecule has 3 nitrogen and oxygen atoms in total. The summed E-state index contributed by atoms with van der Waals surface area (Å²) in [4.78, 5) is 12.7. The molecule has 0 saturated carbocycles. The molecule has 0 heterocycles. The van der Waals surface area contributed by atoms with E-state index >= 15 is 0 Å². The number of alkyl halides is 3. The second-order valence-corrected chi connectivity index (χ2v) is 4.03. The number of rotatable bonds is 4. The standard InChI is InChI=1S/C12H14F3NO2/c1-16(11(18)6-7-12(13,14)15)8-9-2-4-10(17)5-3-9/h2-5,17H,6-8H2,1H3. The van der Waals surface area contributed by atoms with E-state index in [-0.39, 0.29) is 12.3 Å². The van der Waals surface area contributed by atoms with Gasteiger partial charge >= 0.3 is 6.18 Å². The lowest BCUT2D eigenvalue weighted by atomic mass is 10.2. The van der Waals surface area contributed by atoms with E-state index in [1.807, 2.05) is 0 Å². The normalized spacial score (nSPS) is 11.3. The summed E-state index contributed by atoms with van der Waals surface area (Å²) >= 11 is 0. The maximum Gasteiger partial charge on any atom is 0.389 e. The first kappa shape index (κ1) is 14.3. The van der Waals surface area contributed by atoms with Crippen LogP contribution in [0.2, 0.25) is 0 Å². The molecular formula is C12H14F3NO2. The summed E-state index contributed by atoms with van der Waals surface area (Å²) in [5.74, 6) is -0.454. The highest BCUT2D eigenvalue weighted by Crippen LogP contribution is 2.22. The molecule has 0 bridgehead atoms. The molecule has 1 aromatic rings. The van der Waals surface area contributed by atoms with Crippen LogP contribution in [-0.4, -0.2) is 29.1 Å². The van der Waals surface area contributed by atoms with Crippen LogP contribution in [0.15, 0.2) is 24.3 Å². The molecule has 0 spiro atoms. The Labute approximate surface area is 103 Å². The molecule has 0 fully saturated rings. The van der Waals surface area contributed by atoms with Crippen molar-refractivity contribution in [1.82, 2.24) is 4.90 Å². The average Bonchev–Trinajstić information content (AvgIpc) is 2.28. The Balaban J connectivity index is 2.47. The third kappa shape index (κ3) is 5.07. The summed E-state index contributed by atoms with van der Waals surface area (Å²) in [6.07, 6.45) is -5.96. The highest BCUT2D eigenvalue weighted by molar-refractivity contribution is 5.75. The molecule has 100 valence electrons. The molecule has 1 N–H and O–H groups in total. The van der Waals surface area contributed by atoms with Gasteiger partial charge in [0.15, 0.2) is 0 Å². The molecular weight excluding hydrogens is 247 g/mol. The van der Waals surface area contributed by atoms with Crippen LogP contribution >= 0.6 is 0 Å². The number of phenolic OH excluding ortho intramolecular Hbond substituents is 1. The minimum atomic E-state index is -4.31. The summed E-state index contributed by atoms with van der Waals surface area (Å²) in [7, 11) is 1.45. The zero-order valence-electron chi connectivity index (χ0n) is 9.87. The fourth-order valence-corrected chi connectivity index (χ4v) is 1.40. The average molecular weight is 261 g/mol. The van der Waals surface area contributed by atoms with Gasteiger partial charge in [0.05, 0.1) is 6.42 Å². The monoisotopic (exact) mass is 261 g/mol. The van der Waals surface area contributed by atoms with Crippen LogP contribution in [0, 0.1) is 0 Å². The Morgan fingerprint density at radius 3 is 2.33 bits per heavy atom. The fourth-order valence-electron chi connectivity index (χ4n) is 1.40. The van der Waals surface area contributed by atoms with Gasteiger partial charge in [-0.15, -0.1) is 0 Å². The number of benzene rings is 1. The van der Waals surface area contributed by atoms with Gasteiger partial charge in [0.1, 0.15) is 5.75 Å². The molecule has 0 unspecified atom stereocenters. The van der Waals surface area contributed by atoms with Gasteiger partial charge in [0.25, 0.3) is 0 Å². The molecule has 0 saturated heterocycles. The topological polar surface area (TPSA) is 40.5 Å². The van der Waals surface area contributed by atoms with Crippen LogP contribution in [0.3, 0.4) is 0 Å². The summed E-state index contributed by atoms with van der Waals surface area (Å²) in [6.45, 7) is 0.219. The Bertz CT molecular complexity index is 401. The van der Waals surface area contributed by atoms with Crippen LogP contribution in [0.25, 0.3) is 0 Å². The van der Waals surface area contributed by atoms with Crippen LogP contribution in [-0.2, 0) is 11.3 Å². The maximum atomic E-state index is 12.0. The molecule has 1 aromatic carbocycles. The van der Waals surface area contributed by atoms with Crippen LogP contribution in [0.1, 0.15) is 18.4 Å². The molecule has 0 atom stereocenters. The van der Waals surface area contributed by atoms with Gasteiger partial charge in [-0.2, -0.15) is 13.2 Å². The Morgan fingerprint density at radius 1 is 1.28 bits per heavy atom. The summed E-state index contributed by atoms with van der Waals surface area (Å²) in [5.41, 5.74) is 0.746. The lowest BCUT2D eigenvalue weighted by Gasteiger charge is -2.17. The summed E-state index contributed by atoms with van der Waals surface area (Å²) < 4.78 is 35.9. The minimum absolute atomic E-state index is 0.102. The Morgan fingerprint density at radius 2 is 1.83 bits per heavy atom. The lowest BCUT2D eigenvalue weighted by Crippen LogP contribution is -2.27. The van der Waals surface area contributed by atoms with E-state index in [2.05, 4.69) is 0 Å². The highest BCUT2D eigenvalue weighted by Gasteiger charge is 2.28. The van der Waals surface area contributed by atoms with Gasteiger partial charge in [-0.1, -0.05) is 12.1 Å². The molecule has 1 amide bonds. The smallest absolute Gasteiger partial charge is 0.389 e. The first-order valence-electron chi connectivity index (χ1n) is 5.36. The van der Waals surface area contributed by atoms with Crippen molar-refractivity contribution in [3.8, 4) is 5.75 Å². The van der Waals surface area contributed by atoms with E-state index < -0.39 is 24.9 Å². The van der Waals surface area contributed by atoms with Gasteiger partial charge in [-0.3, -0.25) is 4.79 Å². The molecule has 0 aliphatic heterocycles. The number of halogens is 3. The van der Waals surface area contributed by atoms with Crippen molar-refractivity contribution in [2.45, 2.75) is 25.6 Å². The number of hydrogen-bond acceptors (Lipinski definition) is 2. The van der Waals surface area contributed by atoms with Crippen molar-refractivity contribution in [3.05, 3.63) is 29.8 Å². The SMILES string of the molecule is CN(Cc1ccc(O)cc1)C(=O)CCC(F)(F)F. The Hall–Kier alpha value is -1.72. The molecule has 6 heteroatoms. The molecule has 0 aliphatic rings. The van der Waals surface area contributed by atoms with Gasteiger partial charge in [0, 0.05) is 20.0 Å². The van der Waals surface area contributed by atoms with Crippen LogP contribution in [0.5, 0.6) is 5.75 Å². The molecule has 18 heavy (non-hydrogen) atoms. The number of carbonyl (C=O) groups is 1. The first-order valence-corrected chi connectivity index (χ1v) is 5.36. The number of amides is 1. The van der Waals surface area contributed by atoms with E-state index in [4.69, 9.17) is 5.11 Å². The quantitative estimate of drug-likeness (QED) is 0.905. The van der Waals surface area contributed by atoms with Gasteiger partial charge in [0.2, 0.25) is 5.91 Å². The van der Waals surface area contributed by atoms with Crippen molar-refractivity contribution in [1.29, 1.82) is 0 Å². The fraction of sp³-hybridized carbons (Fsp3) is 0.417. The van der Waals surface area contributed by atoms with Crippen molar-refractivity contribution in [2.75, 3.05) is 7.05 Å². The van der Waals surface area contributed by atoms with E-state index in [0.29, 0.717) is 0 Å². The molecule has 0 aliphatic carbocycles. The van der Waals surface area contributed by atoms with Gasteiger partial charge in [-0.05, 0) is 17.7 Å². The lowest BCUT2D eigenvalue weighted by molar-refractivity contribution is -0.148. The predicted octanol–water partition coefficient (Wildman–Crippen LogP) is 2.69. The second kappa shape index (κ2) is 5.75. The van der Waals surface area contributed by atoms with E-state index in [1.54, 1.807) is 12.1 Å². The number of hydrogen-bond donors (Lipinski definition) is 1. The Kier molecular flexibility index (Phi) is 4.58. The number of phenols is 1. The third-order valence-electron chi connectivity index (χ3n) is 2.40. The van der Waals surface area contributed by atoms with Crippen molar-refractivity contribution < 1.29 is 23.1 Å². The van der Waals surface area contributed by atoms with Gasteiger partial charge in [-0.25, -0.2) is 0 Å². The molecule has 0 radical (unpaired) electrons. The largest absolute Gasteiger partial charge is 0.508 e. The number of carbonyl (C=O) groups excluding carboxylic acids is 1.